The standard InChI is InChI=1S/C10H22N2O/c1-8(2)12(5)9(13)6-7-10(3,4)11/h8H,6-7,11H2,1-5H3. The van der Waals surface area contributed by atoms with Crippen molar-refractivity contribution in [1.82, 2.24) is 4.90 Å². The van der Waals surface area contributed by atoms with Crippen molar-refractivity contribution in [1.29, 1.82) is 0 Å². The number of rotatable bonds is 4. The first-order valence-electron chi connectivity index (χ1n) is 4.78. The summed E-state index contributed by atoms with van der Waals surface area (Å²) >= 11 is 0. The molecule has 0 saturated carbocycles. The Bertz CT molecular complexity index is 170. The van der Waals surface area contributed by atoms with Crippen molar-refractivity contribution < 1.29 is 4.79 Å². The van der Waals surface area contributed by atoms with Crippen LogP contribution in [-0.4, -0.2) is 29.4 Å². The van der Waals surface area contributed by atoms with E-state index in [4.69, 9.17) is 5.73 Å². The summed E-state index contributed by atoms with van der Waals surface area (Å²) in [5.41, 5.74) is 5.55. The quantitative estimate of drug-likeness (QED) is 0.720. The predicted molar refractivity (Wildman–Crippen MR) is 55.4 cm³/mol. The molecule has 0 rings (SSSR count). The van der Waals surface area contributed by atoms with Crippen molar-refractivity contribution in [3.05, 3.63) is 0 Å². The van der Waals surface area contributed by atoms with E-state index in [1.165, 1.54) is 0 Å². The lowest BCUT2D eigenvalue weighted by atomic mass is 9.99. The number of amides is 1. The van der Waals surface area contributed by atoms with Gasteiger partial charge in [-0.15, -0.1) is 0 Å². The fraction of sp³-hybridized carbons (Fsp3) is 0.900. The van der Waals surface area contributed by atoms with Gasteiger partial charge in [0.05, 0.1) is 0 Å². The summed E-state index contributed by atoms with van der Waals surface area (Å²) < 4.78 is 0. The van der Waals surface area contributed by atoms with Crippen molar-refractivity contribution in [3.63, 3.8) is 0 Å². The molecule has 0 spiro atoms. The van der Waals surface area contributed by atoms with E-state index in [2.05, 4.69) is 0 Å². The maximum atomic E-state index is 11.5. The number of nitrogens with two attached hydrogens (primary N) is 1. The van der Waals surface area contributed by atoms with E-state index in [1.807, 2.05) is 34.7 Å². The number of hydrogen-bond donors (Lipinski definition) is 1. The lowest BCUT2D eigenvalue weighted by Crippen LogP contribution is -2.37. The average molecular weight is 186 g/mol. The summed E-state index contributed by atoms with van der Waals surface area (Å²) in [6, 6.07) is 0.272. The molecule has 0 radical (unpaired) electrons. The van der Waals surface area contributed by atoms with Crippen LogP contribution in [0.2, 0.25) is 0 Å². The van der Waals surface area contributed by atoms with Crippen LogP contribution in [0.25, 0.3) is 0 Å². The van der Waals surface area contributed by atoms with E-state index in [0.29, 0.717) is 6.42 Å². The Hall–Kier alpha value is -0.570. The first-order valence-corrected chi connectivity index (χ1v) is 4.78. The summed E-state index contributed by atoms with van der Waals surface area (Å²) in [5, 5.41) is 0. The Balaban J connectivity index is 3.89. The Morgan fingerprint density at radius 2 is 1.92 bits per heavy atom. The van der Waals surface area contributed by atoms with E-state index in [1.54, 1.807) is 4.90 Å². The molecule has 0 bridgehead atoms. The maximum Gasteiger partial charge on any atom is 0.222 e. The van der Waals surface area contributed by atoms with Crippen molar-refractivity contribution in [2.75, 3.05) is 7.05 Å². The first kappa shape index (κ1) is 12.4. The van der Waals surface area contributed by atoms with Gasteiger partial charge >= 0.3 is 0 Å². The van der Waals surface area contributed by atoms with Gasteiger partial charge in [0.1, 0.15) is 0 Å². The molecular formula is C10H22N2O. The highest BCUT2D eigenvalue weighted by molar-refractivity contribution is 5.76. The Labute approximate surface area is 81.3 Å². The smallest absolute Gasteiger partial charge is 0.222 e. The number of nitrogens with zero attached hydrogens (tertiary/aromatic N) is 1. The summed E-state index contributed by atoms with van der Waals surface area (Å²) in [5.74, 6) is 0.175. The Kier molecular flexibility index (Phi) is 4.40. The average Bonchev–Trinajstić information content (AvgIpc) is 1.97. The molecule has 0 saturated heterocycles. The summed E-state index contributed by atoms with van der Waals surface area (Å²) in [4.78, 5) is 13.3. The number of hydrogen-bond acceptors (Lipinski definition) is 2. The normalized spacial score (nSPS) is 11.9. The third-order valence-electron chi connectivity index (χ3n) is 2.15. The largest absolute Gasteiger partial charge is 0.343 e. The van der Waals surface area contributed by atoms with Gasteiger partial charge in [0.2, 0.25) is 5.91 Å². The molecule has 0 aromatic carbocycles. The van der Waals surface area contributed by atoms with Gasteiger partial charge in [0.25, 0.3) is 0 Å². The van der Waals surface area contributed by atoms with Gasteiger partial charge in [-0.25, -0.2) is 0 Å². The van der Waals surface area contributed by atoms with E-state index in [-0.39, 0.29) is 17.5 Å². The molecule has 78 valence electrons. The molecule has 0 aliphatic rings. The van der Waals surface area contributed by atoms with E-state index >= 15 is 0 Å². The SMILES string of the molecule is CC(C)N(C)C(=O)CCC(C)(C)N. The molecular weight excluding hydrogens is 164 g/mol. The van der Waals surface area contributed by atoms with Crippen LogP contribution in [0.4, 0.5) is 0 Å². The lowest BCUT2D eigenvalue weighted by molar-refractivity contribution is -0.131. The molecule has 3 nitrogen and oxygen atoms in total. The van der Waals surface area contributed by atoms with Gasteiger partial charge in [-0.2, -0.15) is 0 Å². The zero-order valence-electron chi connectivity index (χ0n) is 9.42. The van der Waals surface area contributed by atoms with Gasteiger partial charge in [-0.1, -0.05) is 0 Å². The molecule has 1 amide bonds. The minimum absolute atomic E-state index is 0.175. The molecule has 3 heteroatoms. The van der Waals surface area contributed by atoms with E-state index < -0.39 is 0 Å². The van der Waals surface area contributed by atoms with Crippen LogP contribution >= 0.6 is 0 Å². The predicted octanol–water partition coefficient (Wildman–Crippen LogP) is 1.37. The number of carbonyl (C=O) groups excluding carboxylic acids is 1. The molecule has 13 heavy (non-hydrogen) atoms. The monoisotopic (exact) mass is 186 g/mol. The highest BCUT2D eigenvalue weighted by Crippen LogP contribution is 2.09. The Morgan fingerprint density at radius 1 is 1.46 bits per heavy atom. The van der Waals surface area contributed by atoms with Crippen molar-refractivity contribution in [3.8, 4) is 0 Å². The fourth-order valence-corrected chi connectivity index (χ4v) is 0.893. The second-order valence-electron chi connectivity index (χ2n) is 4.59. The van der Waals surface area contributed by atoms with Gasteiger partial charge in [-0.3, -0.25) is 4.79 Å². The van der Waals surface area contributed by atoms with Crippen LogP contribution in [0, 0.1) is 0 Å². The number of carbonyl (C=O) groups is 1. The van der Waals surface area contributed by atoms with Gasteiger partial charge in [0, 0.05) is 25.0 Å². The van der Waals surface area contributed by atoms with Crippen molar-refractivity contribution in [2.24, 2.45) is 5.73 Å². The fourth-order valence-electron chi connectivity index (χ4n) is 0.893. The first-order chi connectivity index (χ1) is 5.74. The van der Waals surface area contributed by atoms with Crippen LogP contribution < -0.4 is 5.73 Å². The molecule has 0 aromatic heterocycles. The second-order valence-corrected chi connectivity index (χ2v) is 4.59. The molecule has 0 aromatic rings. The molecule has 0 fully saturated rings. The minimum atomic E-state index is -0.243. The summed E-state index contributed by atoms with van der Waals surface area (Å²) in [6.07, 6.45) is 1.28. The topological polar surface area (TPSA) is 46.3 Å². The third-order valence-corrected chi connectivity index (χ3v) is 2.15. The van der Waals surface area contributed by atoms with Crippen LogP contribution in [0.3, 0.4) is 0 Å². The highest BCUT2D eigenvalue weighted by atomic mass is 16.2. The van der Waals surface area contributed by atoms with E-state index in [9.17, 15) is 4.79 Å². The zero-order chi connectivity index (χ0) is 10.6. The zero-order valence-corrected chi connectivity index (χ0v) is 9.42. The van der Waals surface area contributed by atoms with Crippen LogP contribution in [0.5, 0.6) is 0 Å². The van der Waals surface area contributed by atoms with Crippen LogP contribution in [0.15, 0.2) is 0 Å². The van der Waals surface area contributed by atoms with Crippen molar-refractivity contribution >= 4 is 5.91 Å². The van der Waals surface area contributed by atoms with Crippen LogP contribution in [-0.2, 0) is 4.79 Å². The van der Waals surface area contributed by atoms with Crippen LogP contribution in [0.1, 0.15) is 40.5 Å². The maximum absolute atomic E-state index is 11.5. The van der Waals surface area contributed by atoms with Gasteiger partial charge in [-0.05, 0) is 34.1 Å². The van der Waals surface area contributed by atoms with Gasteiger partial charge < -0.3 is 10.6 Å². The summed E-state index contributed by atoms with van der Waals surface area (Å²) in [7, 11) is 1.83. The lowest BCUT2D eigenvalue weighted by Gasteiger charge is -2.24. The molecule has 0 aliphatic carbocycles. The summed E-state index contributed by atoms with van der Waals surface area (Å²) in [6.45, 7) is 7.89. The molecule has 0 atom stereocenters. The Morgan fingerprint density at radius 3 is 2.23 bits per heavy atom. The third kappa shape index (κ3) is 5.64. The van der Waals surface area contributed by atoms with Crippen molar-refractivity contribution in [2.45, 2.75) is 52.1 Å². The second kappa shape index (κ2) is 4.61. The molecule has 0 aliphatic heterocycles. The molecule has 0 heterocycles. The molecule has 0 unspecified atom stereocenters. The van der Waals surface area contributed by atoms with Gasteiger partial charge in [0.15, 0.2) is 0 Å². The minimum Gasteiger partial charge on any atom is -0.343 e. The highest BCUT2D eigenvalue weighted by Gasteiger charge is 2.16. The molecule has 2 N–H and O–H groups in total. The van der Waals surface area contributed by atoms with E-state index in [0.717, 1.165) is 6.42 Å².